The van der Waals surface area contributed by atoms with E-state index in [9.17, 15) is 9.59 Å². The van der Waals surface area contributed by atoms with E-state index in [0.29, 0.717) is 18.6 Å². The summed E-state index contributed by atoms with van der Waals surface area (Å²) in [5, 5.41) is 0.290. The molecule has 5 atom stereocenters. The normalized spacial score (nSPS) is 20.8. The first-order valence-electron chi connectivity index (χ1n) is 23.2. The van der Waals surface area contributed by atoms with Crippen molar-refractivity contribution in [1.29, 1.82) is 0 Å². The molecule has 0 amide bonds. The number of unbranched alkanes of at least 4 members (excludes halogenated alkanes) is 14. The Balaban J connectivity index is 1.88. The molecule has 2 aliphatic heterocycles. The third-order valence-electron chi connectivity index (χ3n) is 13.3. The van der Waals surface area contributed by atoms with Crippen molar-refractivity contribution < 1.29 is 27.9 Å². The first-order valence-corrected chi connectivity index (χ1v) is 29.0. The molecular formula is C47H90O6Si2. The van der Waals surface area contributed by atoms with Crippen molar-refractivity contribution in [3.05, 3.63) is 11.6 Å². The van der Waals surface area contributed by atoms with E-state index in [4.69, 9.17) is 18.3 Å². The Labute approximate surface area is 343 Å². The maximum atomic E-state index is 12.8. The largest absolute Gasteiger partial charge is 0.455 e. The van der Waals surface area contributed by atoms with Crippen LogP contribution in [0.5, 0.6) is 0 Å². The molecule has 322 valence electrons. The molecule has 2 rings (SSSR count). The number of carbonyl (C=O) groups is 2. The predicted molar refractivity (Wildman–Crippen MR) is 238 cm³/mol. The highest BCUT2D eigenvalue weighted by Gasteiger charge is 2.45. The number of carbonyl (C=O) groups excluding carboxylic acids is 2. The monoisotopic (exact) mass is 807 g/mol. The summed E-state index contributed by atoms with van der Waals surface area (Å²) in [6, 6.07) is 0. The van der Waals surface area contributed by atoms with Gasteiger partial charge in [-0.15, -0.1) is 0 Å². The molecule has 8 heteroatoms. The van der Waals surface area contributed by atoms with Crippen LogP contribution in [0, 0.1) is 0 Å². The minimum absolute atomic E-state index is 0.0666. The lowest BCUT2D eigenvalue weighted by Gasteiger charge is -2.42. The van der Waals surface area contributed by atoms with Gasteiger partial charge in [-0.25, -0.2) is 4.79 Å². The standard InChI is InChI=1S/C47H90O6Si2/c1-13-14-15-16-17-18-19-20-24-27-33-43(52-54(9,10)46(3,4)5)41-35-36-42(51-41)44(53-55(11,12)47(6,7)8)34-29-28-32-40(48)31-26-23-21-22-25-30-39-37-38(2)50-45(39)49/h37-38,41-44H,13-36H2,1-12H3/t38-,41+,42+,43+,44+/m0/s1. The highest BCUT2D eigenvalue weighted by Crippen LogP contribution is 2.42. The highest BCUT2D eigenvalue weighted by atomic mass is 28.4. The SMILES string of the molecule is CCCCCCCCCCCC[C@@H](O[Si](C)(C)C(C)(C)C)[C@H]1CC[C@H]([C@@H](CCCCC(=O)CCCCCCCC2=C[C@H](C)OC2=O)O[Si](C)(C)C(C)(C)C)O1. The topological polar surface area (TPSA) is 71.1 Å². The van der Waals surface area contributed by atoms with Gasteiger partial charge in [-0.2, -0.15) is 0 Å². The number of ether oxygens (including phenoxy) is 2. The third kappa shape index (κ3) is 19.2. The molecule has 0 radical (unpaired) electrons. The molecule has 0 N–H and O–H groups in total. The van der Waals surface area contributed by atoms with Crippen LogP contribution in [0.15, 0.2) is 11.6 Å². The van der Waals surface area contributed by atoms with Gasteiger partial charge in [0.05, 0.1) is 24.4 Å². The minimum Gasteiger partial charge on any atom is -0.455 e. The predicted octanol–water partition coefficient (Wildman–Crippen LogP) is 14.4. The Bertz CT molecular complexity index is 1120. The Morgan fingerprint density at radius 3 is 1.51 bits per heavy atom. The summed E-state index contributed by atoms with van der Waals surface area (Å²) in [4.78, 5) is 24.6. The van der Waals surface area contributed by atoms with E-state index in [2.05, 4.69) is 74.7 Å². The summed E-state index contributed by atoms with van der Waals surface area (Å²) >= 11 is 0. The van der Waals surface area contributed by atoms with Crippen molar-refractivity contribution in [2.24, 2.45) is 0 Å². The molecule has 55 heavy (non-hydrogen) atoms. The van der Waals surface area contributed by atoms with Crippen LogP contribution < -0.4 is 0 Å². The summed E-state index contributed by atoms with van der Waals surface area (Å²) in [6.07, 6.45) is 29.2. The zero-order valence-corrected chi connectivity index (χ0v) is 40.4. The molecule has 2 heterocycles. The zero-order valence-electron chi connectivity index (χ0n) is 38.4. The number of hydrogen-bond donors (Lipinski definition) is 0. The van der Waals surface area contributed by atoms with Crippen LogP contribution in [-0.2, 0) is 27.9 Å². The first-order chi connectivity index (χ1) is 25.8. The fraction of sp³-hybridized carbons (Fsp3) is 0.915. The Kier molecular flexibility index (Phi) is 22.8. The Hall–Kier alpha value is -0.806. The average molecular weight is 807 g/mol. The van der Waals surface area contributed by atoms with Crippen molar-refractivity contribution in [3.8, 4) is 0 Å². The van der Waals surface area contributed by atoms with E-state index in [1.807, 2.05) is 13.0 Å². The van der Waals surface area contributed by atoms with Crippen LogP contribution in [-0.4, -0.2) is 58.9 Å². The van der Waals surface area contributed by atoms with Crippen molar-refractivity contribution in [1.82, 2.24) is 0 Å². The van der Waals surface area contributed by atoms with Crippen LogP contribution in [0.2, 0.25) is 36.3 Å². The average Bonchev–Trinajstić information content (AvgIpc) is 3.70. The van der Waals surface area contributed by atoms with Crippen LogP contribution in [0.3, 0.4) is 0 Å². The van der Waals surface area contributed by atoms with E-state index in [1.165, 1.54) is 64.2 Å². The molecule has 0 bridgehead atoms. The molecule has 2 aliphatic rings. The van der Waals surface area contributed by atoms with Crippen molar-refractivity contribution in [3.63, 3.8) is 0 Å². The van der Waals surface area contributed by atoms with Crippen LogP contribution in [0.25, 0.3) is 0 Å². The van der Waals surface area contributed by atoms with E-state index in [0.717, 1.165) is 82.6 Å². The van der Waals surface area contributed by atoms with Crippen LogP contribution >= 0.6 is 0 Å². The smallest absolute Gasteiger partial charge is 0.334 e. The van der Waals surface area contributed by atoms with E-state index in [1.54, 1.807) is 0 Å². The van der Waals surface area contributed by atoms with Gasteiger partial charge in [-0.3, -0.25) is 4.79 Å². The lowest BCUT2D eigenvalue weighted by atomic mass is 9.99. The van der Waals surface area contributed by atoms with Gasteiger partial charge in [0.2, 0.25) is 0 Å². The molecule has 0 unspecified atom stereocenters. The lowest BCUT2D eigenvalue weighted by molar-refractivity contribution is -0.139. The Morgan fingerprint density at radius 1 is 0.673 bits per heavy atom. The second-order valence-corrected chi connectivity index (χ2v) is 30.0. The van der Waals surface area contributed by atoms with Crippen LogP contribution in [0.1, 0.15) is 209 Å². The second-order valence-electron chi connectivity index (χ2n) is 20.4. The number of rotatable bonds is 30. The molecule has 0 aromatic rings. The number of ketones is 1. The van der Waals surface area contributed by atoms with Gasteiger partial charge in [0.1, 0.15) is 11.9 Å². The third-order valence-corrected chi connectivity index (χ3v) is 22.4. The number of esters is 1. The van der Waals surface area contributed by atoms with Crippen molar-refractivity contribution >= 4 is 28.4 Å². The molecule has 0 saturated carbocycles. The highest BCUT2D eigenvalue weighted by molar-refractivity contribution is 6.74. The molecule has 1 saturated heterocycles. The molecule has 0 spiro atoms. The van der Waals surface area contributed by atoms with Crippen molar-refractivity contribution in [2.45, 2.75) is 276 Å². The number of hydrogen-bond acceptors (Lipinski definition) is 6. The molecular weight excluding hydrogens is 717 g/mol. The van der Waals surface area contributed by atoms with Gasteiger partial charge in [0.25, 0.3) is 0 Å². The molecule has 0 aliphatic carbocycles. The van der Waals surface area contributed by atoms with Gasteiger partial charge in [0.15, 0.2) is 16.6 Å². The fourth-order valence-corrected chi connectivity index (χ4v) is 10.4. The summed E-state index contributed by atoms with van der Waals surface area (Å²) in [7, 11) is -3.98. The minimum atomic E-state index is -2.02. The molecule has 0 aromatic heterocycles. The van der Waals surface area contributed by atoms with Gasteiger partial charge < -0.3 is 18.3 Å². The van der Waals surface area contributed by atoms with E-state index >= 15 is 0 Å². The summed E-state index contributed by atoms with van der Waals surface area (Å²) in [6.45, 7) is 27.7. The summed E-state index contributed by atoms with van der Waals surface area (Å²) < 4.78 is 26.6. The molecule has 6 nitrogen and oxygen atoms in total. The Morgan fingerprint density at radius 2 is 1.07 bits per heavy atom. The molecule has 1 fully saturated rings. The molecule has 0 aromatic carbocycles. The van der Waals surface area contributed by atoms with E-state index < -0.39 is 16.6 Å². The zero-order chi connectivity index (χ0) is 41.1. The maximum absolute atomic E-state index is 12.8. The summed E-state index contributed by atoms with van der Waals surface area (Å²) in [5.74, 6) is 0.246. The maximum Gasteiger partial charge on any atom is 0.334 e. The lowest BCUT2D eigenvalue weighted by Crippen LogP contribution is -2.48. The number of Topliss-reactive ketones (excluding diaryl/α,β-unsaturated/α-hetero) is 1. The van der Waals surface area contributed by atoms with Gasteiger partial charge in [-0.05, 0) is 101 Å². The van der Waals surface area contributed by atoms with E-state index in [-0.39, 0.29) is 46.6 Å². The fourth-order valence-electron chi connectivity index (χ4n) is 7.60. The quantitative estimate of drug-likeness (QED) is 0.0409. The second kappa shape index (κ2) is 25.0. The number of cyclic esters (lactones) is 1. The van der Waals surface area contributed by atoms with Crippen LogP contribution in [0.4, 0.5) is 0 Å². The van der Waals surface area contributed by atoms with Crippen molar-refractivity contribution in [2.75, 3.05) is 0 Å². The van der Waals surface area contributed by atoms with Gasteiger partial charge >= 0.3 is 5.97 Å². The summed E-state index contributed by atoms with van der Waals surface area (Å²) in [5.41, 5.74) is 0.832. The van der Waals surface area contributed by atoms with Gasteiger partial charge in [0, 0.05) is 18.4 Å². The van der Waals surface area contributed by atoms with Gasteiger partial charge in [-0.1, -0.05) is 138 Å². The first kappa shape index (κ1) is 50.3.